The van der Waals surface area contributed by atoms with Crippen LogP contribution in [-0.4, -0.2) is 33.0 Å². The first-order valence-corrected chi connectivity index (χ1v) is 9.65. The molecule has 1 aromatic carbocycles. The molecule has 3 rings (SSSR count). The standard InChI is InChI=1S/C22H27N3O3/c1-23-15-18(21(27)25(3)22(23)28)11-14-20(26)24(2)19-12-9-17(10-13-19)16-7-5-4-6-8-16/h4-8,11,14-15,17,19H,9-10,12-13H2,1-3H3. The summed E-state index contributed by atoms with van der Waals surface area (Å²) in [5, 5.41) is 0. The van der Waals surface area contributed by atoms with Crippen molar-refractivity contribution in [3.63, 3.8) is 0 Å². The first-order chi connectivity index (χ1) is 13.4. The van der Waals surface area contributed by atoms with Crippen LogP contribution in [-0.2, 0) is 18.9 Å². The highest BCUT2D eigenvalue weighted by atomic mass is 16.2. The van der Waals surface area contributed by atoms with Gasteiger partial charge in [0.1, 0.15) is 0 Å². The van der Waals surface area contributed by atoms with Gasteiger partial charge in [-0.15, -0.1) is 0 Å². The Hall–Kier alpha value is -2.89. The van der Waals surface area contributed by atoms with Crippen LogP contribution in [0.5, 0.6) is 0 Å². The Morgan fingerprint density at radius 2 is 1.71 bits per heavy atom. The van der Waals surface area contributed by atoms with Gasteiger partial charge in [0.25, 0.3) is 5.56 Å². The third-order valence-electron chi connectivity index (χ3n) is 5.74. The van der Waals surface area contributed by atoms with Crippen molar-refractivity contribution >= 4 is 12.0 Å². The lowest BCUT2D eigenvalue weighted by Gasteiger charge is -2.34. The van der Waals surface area contributed by atoms with E-state index in [-0.39, 0.29) is 17.6 Å². The number of nitrogens with zero attached hydrogens (tertiary/aromatic N) is 3. The molecule has 0 bridgehead atoms. The molecule has 1 aliphatic carbocycles. The van der Waals surface area contributed by atoms with Crippen LogP contribution in [0.3, 0.4) is 0 Å². The summed E-state index contributed by atoms with van der Waals surface area (Å²) in [6, 6.07) is 10.7. The highest BCUT2D eigenvalue weighted by Gasteiger charge is 2.26. The lowest BCUT2D eigenvalue weighted by atomic mass is 9.81. The largest absolute Gasteiger partial charge is 0.339 e. The summed E-state index contributed by atoms with van der Waals surface area (Å²) in [5.74, 6) is 0.434. The Morgan fingerprint density at radius 1 is 1.07 bits per heavy atom. The molecule has 0 atom stereocenters. The number of carbonyl (C=O) groups is 1. The van der Waals surface area contributed by atoms with Crippen molar-refractivity contribution in [1.82, 2.24) is 14.0 Å². The summed E-state index contributed by atoms with van der Waals surface area (Å²) in [6.07, 6.45) is 8.45. The van der Waals surface area contributed by atoms with Crippen molar-refractivity contribution in [2.24, 2.45) is 14.1 Å². The molecule has 0 saturated heterocycles. The Labute approximate surface area is 164 Å². The smallest absolute Gasteiger partial charge is 0.330 e. The van der Waals surface area contributed by atoms with Crippen LogP contribution in [0.15, 0.2) is 52.2 Å². The molecule has 1 aliphatic rings. The first kappa shape index (κ1) is 19.9. The van der Waals surface area contributed by atoms with Crippen molar-refractivity contribution in [3.05, 3.63) is 74.6 Å². The fraction of sp³-hybridized carbons (Fsp3) is 0.409. The molecule has 1 fully saturated rings. The minimum atomic E-state index is -0.404. The second-order valence-corrected chi connectivity index (χ2v) is 7.54. The van der Waals surface area contributed by atoms with Gasteiger partial charge in [0.05, 0.1) is 5.56 Å². The van der Waals surface area contributed by atoms with Crippen LogP contribution in [0, 0.1) is 0 Å². The Bertz CT molecular complexity index is 980. The molecule has 1 amide bonds. The van der Waals surface area contributed by atoms with Crippen LogP contribution >= 0.6 is 0 Å². The molecule has 0 radical (unpaired) electrons. The lowest BCUT2D eigenvalue weighted by molar-refractivity contribution is -0.127. The Balaban J connectivity index is 1.64. The van der Waals surface area contributed by atoms with E-state index in [4.69, 9.17) is 0 Å². The lowest BCUT2D eigenvalue weighted by Crippen LogP contribution is -2.39. The topological polar surface area (TPSA) is 64.3 Å². The molecule has 1 saturated carbocycles. The van der Waals surface area contributed by atoms with Gasteiger partial charge in [0, 0.05) is 39.5 Å². The number of amides is 1. The Morgan fingerprint density at radius 3 is 2.36 bits per heavy atom. The van der Waals surface area contributed by atoms with Crippen LogP contribution in [0.1, 0.15) is 42.7 Å². The number of aromatic nitrogens is 2. The van der Waals surface area contributed by atoms with E-state index in [1.807, 2.05) is 13.1 Å². The first-order valence-electron chi connectivity index (χ1n) is 9.65. The van der Waals surface area contributed by atoms with E-state index in [2.05, 4.69) is 24.3 Å². The average Bonchev–Trinajstić information content (AvgIpc) is 2.73. The van der Waals surface area contributed by atoms with Gasteiger partial charge in [-0.25, -0.2) is 4.79 Å². The van der Waals surface area contributed by atoms with E-state index >= 15 is 0 Å². The van der Waals surface area contributed by atoms with Gasteiger partial charge < -0.3 is 9.47 Å². The summed E-state index contributed by atoms with van der Waals surface area (Å²) < 4.78 is 2.37. The summed E-state index contributed by atoms with van der Waals surface area (Å²) in [7, 11) is 4.83. The van der Waals surface area contributed by atoms with Crippen molar-refractivity contribution in [3.8, 4) is 0 Å². The second-order valence-electron chi connectivity index (χ2n) is 7.54. The van der Waals surface area contributed by atoms with E-state index in [1.165, 1.54) is 35.5 Å². The maximum Gasteiger partial charge on any atom is 0.330 e. The summed E-state index contributed by atoms with van der Waals surface area (Å²) in [4.78, 5) is 38.3. The van der Waals surface area contributed by atoms with Crippen molar-refractivity contribution in [2.45, 2.75) is 37.6 Å². The quantitative estimate of drug-likeness (QED) is 0.764. The molecule has 1 heterocycles. The number of rotatable bonds is 4. The van der Waals surface area contributed by atoms with Crippen LogP contribution in [0.25, 0.3) is 6.08 Å². The number of aryl methyl sites for hydroxylation is 1. The molecule has 0 aliphatic heterocycles. The molecule has 28 heavy (non-hydrogen) atoms. The molecular weight excluding hydrogens is 354 g/mol. The van der Waals surface area contributed by atoms with Gasteiger partial charge in [-0.1, -0.05) is 30.3 Å². The highest BCUT2D eigenvalue weighted by Crippen LogP contribution is 2.34. The Kier molecular flexibility index (Phi) is 5.97. The minimum Gasteiger partial charge on any atom is -0.339 e. The molecule has 0 unspecified atom stereocenters. The van der Waals surface area contributed by atoms with Gasteiger partial charge in [0.2, 0.25) is 5.91 Å². The predicted octanol–water partition coefficient (Wildman–Crippen LogP) is 2.28. The van der Waals surface area contributed by atoms with E-state index < -0.39 is 5.56 Å². The molecule has 6 heteroatoms. The van der Waals surface area contributed by atoms with E-state index in [0.29, 0.717) is 11.5 Å². The predicted molar refractivity (Wildman–Crippen MR) is 110 cm³/mol. The highest BCUT2D eigenvalue weighted by molar-refractivity contribution is 5.91. The van der Waals surface area contributed by atoms with E-state index in [1.54, 1.807) is 11.9 Å². The molecule has 6 nitrogen and oxygen atoms in total. The monoisotopic (exact) mass is 381 g/mol. The summed E-state index contributed by atoms with van der Waals surface area (Å²) in [5.41, 5.74) is 0.901. The zero-order chi connectivity index (χ0) is 20.3. The fourth-order valence-electron chi connectivity index (χ4n) is 3.93. The van der Waals surface area contributed by atoms with Gasteiger partial charge in [0.15, 0.2) is 0 Å². The van der Waals surface area contributed by atoms with Gasteiger partial charge >= 0.3 is 5.69 Å². The van der Waals surface area contributed by atoms with E-state index in [9.17, 15) is 14.4 Å². The summed E-state index contributed by atoms with van der Waals surface area (Å²) >= 11 is 0. The van der Waals surface area contributed by atoms with Crippen LogP contribution < -0.4 is 11.2 Å². The fourth-order valence-corrected chi connectivity index (χ4v) is 3.93. The second kappa shape index (κ2) is 8.42. The third-order valence-corrected chi connectivity index (χ3v) is 5.74. The van der Waals surface area contributed by atoms with Gasteiger partial charge in [-0.05, 0) is 43.2 Å². The van der Waals surface area contributed by atoms with Gasteiger partial charge in [-0.3, -0.25) is 14.2 Å². The molecule has 0 N–H and O–H groups in total. The SMILES string of the molecule is CN(C(=O)C=Cc1cn(C)c(=O)n(C)c1=O)C1CCC(c2ccccc2)CC1. The maximum atomic E-state index is 12.6. The maximum absolute atomic E-state index is 12.6. The van der Waals surface area contributed by atoms with Crippen LogP contribution in [0.2, 0.25) is 0 Å². The number of carbonyl (C=O) groups excluding carboxylic acids is 1. The minimum absolute atomic E-state index is 0.126. The van der Waals surface area contributed by atoms with E-state index in [0.717, 1.165) is 30.3 Å². The van der Waals surface area contributed by atoms with Crippen molar-refractivity contribution in [1.29, 1.82) is 0 Å². The third kappa shape index (κ3) is 4.16. The zero-order valence-corrected chi connectivity index (χ0v) is 16.7. The molecule has 148 valence electrons. The number of hydrogen-bond donors (Lipinski definition) is 0. The number of benzene rings is 1. The number of likely N-dealkylation sites (N-methyl/N-ethyl adjacent to an activating group) is 1. The zero-order valence-electron chi connectivity index (χ0n) is 16.7. The number of hydrogen-bond acceptors (Lipinski definition) is 3. The molecule has 2 aromatic rings. The molecule has 1 aromatic heterocycles. The van der Waals surface area contributed by atoms with Crippen molar-refractivity contribution in [2.75, 3.05) is 7.05 Å². The van der Waals surface area contributed by atoms with Gasteiger partial charge in [-0.2, -0.15) is 0 Å². The van der Waals surface area contributed by atoms with Crippen molar-refractivity contribution < 1.29 is 4.79 Å². The molecular formula is C22H27N3O3. The van der Waals surface area contributed by atoms with Crippen LogP contribution in [0.4, 0.5) is 0 Å². The summed E-state index contributed by atoms with van der Waals surface area (Å²) in [6.45, 7) is 0. The normalized spacial score (nSPS) is 19.7. The molecule has 0 spiro atoms. The average molecular weight is 381 g/mol.